The summed E-state index contributed by atoms with van der Waals surface area (Å²) in [5, 5.41) is 3.43. The monoisotopic (exact) mass is 239 g/mol. The summed E-state index contributed by atoms with van der Waals surface area (Å²) in [6.45, 7) is 1.73. The zero-order valence-electron chi connectivity index (χ0n) is 8.10. The van der Waals surface area contributed by atoms with E-state index in [-0.39, 0.29) is 5.91 Å². The van der Waals surface area contributed by atoms with Gasteiger partial charge >= 0.3 is 11.1 Å². The number of nitrogens with zero attached hydrogens (tertiary/aromatic N) is 1. The van der Waals surface area contributed by atoms with Crippen molar-refractivity contribution in [3.8, 4) is 0 Å². The van der Waals surface area contributed by atoms with Crippen molar-refractivity contribution in [3.63, 3.8) is 0 Å². The zero-order chi connectivity index (χ0) is 10.3. The highest BCUT2D eigenvalue weighted by atomic mass is 32.2. The van der Waals surface area contributed by atoms with Crippen LogP contribution in [0.15, 0.2) is 17.5 Å². The maximum atomic E-state index is 11.8. The van der Waals surface area contributed by atoms with Gasteiger partial charge in [0.15, 0.2) is 0 Å². The SMILES string of the molecule is O=C1CC(c2cccs2)SC2=[NH+]CCN12. The van der Waals surface area contributed by atoms with Crippen LogP contribution in [0.2, 0.25) is 0 Å². The molecule has 15 heavy (non-hydrogen) atoms. The molecule has 0 saturated carbocycles. The molecule has 3 heterocycles. The van der Waals surface area contributed by atoms with Crippen molar-refractivity contribution in [1.29, 1.82) is 0 Å². The Morgan fingerprint density at radius 3 is 3.27 bits per heavy atom. The van der Waals surface area contributed by atoms with E-state index in [4.69, 9.17) is 0 Å². The molecule has 1 saturated heterocycles. The molecule has 78 valence electrons. The van der Waals surface area contributed by atoms with Gasteiger partial charge in [-0.2, -0.15) is 4.90 Å². The first-order chi connectivity index (χ1) is 7.34. The minimum atomic E-state index is 0.257. The summed E-state index contributed by atoms with van der Waals surface area (Å²) < 4.78 is 0. The van der Waals surface area contributed by atoms with Gasteiger partial charge in [-0.05, 0) is 23.2 Å². The summed E-state index contributed by atoms with van der Waals surface area (Å²) in [4.78, 5) is 18.3. The van der Waals surface area contributed by atoms with Gasteiger partial charge in [0.05, 0.1) is 11.7 Å². The lowest BCUT2D eigenvalue weighted by atomic mass is 10.2. The molecule has 1 unspecified atom stereocenters. The van der Waals surface area contributed by atoms with Gasteiger partial charge < -0.3 is 0 Å². The van der Waals surface area contributed by atoms with E-state index < -0.39 is 0 Å². The third-order valence-electron chi connectivity index (χ3n) is 2.63. The zero-order valence-corrected chi connectivity index (χ0v) is 9.74. The molecule has 2 aliphatic rings. The fraction of sp³-hybridized carbons (Fsp3) is 0.400. The molecular weight excluding hydrogens is 228 g/mol. The van der Waals surface area contributed by atoms with E-state index in [2.05, 4.69) is 16.4 Å². The van der Waals surface area contributed by atoms with Gasteiger partial charge in [-0.15, -0.1) is 11.3 Å². The van der Waals surface area contributed by atoms with Crippen LogP contribution in [0.1, 0.15) is 16.5 Å². The molecule has 1 atom stereocenters. The maximum absolute atomic E-state index is 11.8. The Morgan fingerprint density at radius 2 is 2.47 bits per heavy atom. The third kappa shape index (κ3) is 1.59. The van der Waals surface area contributed by atoms with Gasteiger partial charge in [0.25, 0.3) is 0 Å². The van der Waals surface area contributed by atoms with E-state index in [0.29, 0.717) is 11.7 Å². The van der Waals surface area contributed by atoms with Crippen LogP contribution in [-0.4, -0.2) is 29.1 Å². The third-order valence-corrected chi connectivity index (χ3v) is 5.06. The molecule has 0 bridgehead atoms. The highest BCUT2D eigenvalue weighted by Crippen LogP contribution is 2.39. The molecule has 5 heteroatoms. The van der Waals surface area contributed by atoms with E-state index in [1.165, 1.54) is 4.88 Å². The molecule has 1 aromatic rings. The van der Waals surface area contributed by atoms with Crippen LogP contribution in [0.3, 0.4) is 0 Å². The fourth-order valence-corrected chi connectivity index (χ4v) is 4.11. The number of hydrogen-bond acceptors (Lipinski definition) is 3. The molecule has 3 nitrogen and oxygen atoms in total. The van der Waals surface area contributed by atoms with Crippen LogP contribution >= 0.6 is 23.1 Å². The predicted octanol–water partition coefficient (Wildman–Crippen LogP) is 0.205. The Balaban J connectivity index is 1.86. The summed E-state index contributed by atoms with van der Waals surface area (Å²) in [5.74, 6) is 0.257. The van der Waals surface area contributed by atoms with Gasteiger partial charge in [-0.25, -0.2) is 4.79 Å². The van der Waals surface area contributed by atoms with Gasteiger partial charge in [0.1, 0.15) is 13.1 Å². The van der Waals surface area contributed by atoms with Crippen LogP contribution in [0.5, 0.6) is 0 Å². The predicted molar refractivity (Wildman–Crippen MR) is 61.8 cm³/mol. The highest BCUT2D eigenvalue weighted by Gasteiger charge is 2.41. The number of fused-ring (bicyclic) bond motifs is 1. The van der Waals surface area contributed by atoms with E-state index in [9.17, 15) is 4.79 Å². The second-order valence-electron chi connectivity index (χ2n) is 3.60. The van der Waals surface area contributed by atoms with Crippen molar-refractivity contribution >= 4 is 34.2 Å². The maximum Gasteiger partial charge on any atom is 0.314 e. The summed E-state index contributed by atoms with van der Waals surface area (Å²) in [5.41, 5.74) is 0. The van der Waals surface area contributed by atoms with Crippen molar-refractivity contribution in [3.05, 3.63) is 22.4 Å². The molecule has 3 rings (SSSR count). The Hall–Kier alpha value is -0.810. The van der Waals surface area contributed by atoms with Gasteiger partial charge in [0.2, 0.25) is 0 Å². The van der Waals surface area contributed by atoms with Crippen LogP contribution < -0.4 is 4.99 Å². The van der Waals surface area contributed by atoms with E-state index >= 15 is 0 Å². The van der Waals surface area contributed by atoms with Crippen molar-refractivity contribution in [2.24, 2.45) is 0 Å². The standard InChI is InChI=1S/C10H10N2OS2/c13-9-6-8(7-2-1-5-14-7)15-10-11-3-4-12(9)10/h1-2,5,8H,3-4,6H2/p+1. The van der Waals surface area contributed by atoms with Gasteiger partial charge in [-0.3, -0.25) is 4.99 Å². The number of nitrogens with one attached hydrogen (secondary N) is 1. The van der Waals surface area contributed by atoms with Crippen molar-refractivity contribution in [2.45, 2.75) is 11.7 Å². The first kappa shape index (κ1) is 9.42. The average molecular weight is 239 g/mol. The first-order valence-electron chi connectivity index (χ1n) is 4.96. The lowest BCUT2D eigenvalue weighted by molar-refractivity contribution is -0.441. The molecule has 1 aromatic heterocycles. The molecule has 2 aliphatic heterocycles. The molecule has 0 aliphatic carbocycles. The highest BCUT2D eigenvalue weighted by molar-refractivity contribution is 8.14. The van der Waals surface area contributed by atoms with E-state index in [0.717, 1.165) is 18.3 Å². The number of carbonyl (C=O) groups is 1. The number of rotatable bonds is 1. The van der Waals surface area contributed by atoms with Crippen LogP contribution in [0, 0.1) is 0 Å². The molecule has 0 spiro atoms. The second kappa shape index (κ2) is 3.64. The fourth-order valence-electron chi connectivity index (χ4n) is 1.89. The number of thiophene rings is 1. The topological polar surface area (TPSA) is 34.3 Å². The molecule has 1 amide bonds. The Bertz CT molecular complexity index is 413. The minimum Gasteiger partial charge on any atom is -0.264 e. The Kier molecular flexibility index (Phi) is 2.29. The minimum absolute atomic E-state index is 0.257. The number of hydrogen-bond donors (Lipinski definition) is 1. The summed E-state index contributed by atoms with van der Waals surface area (Å²) >= 11 is 3.52. The largest absolute Gasteiger partial charge is 0.314 e. The molecule has 0 radical (unpaired) electrons. The van der Waals surface area contributed by atoms with E-state index in [1.807, 2.05) is 11.0 Å². The molecule has 1 fully saturated rings. The molecule has 1 N–H and O–H groups in total. The van der Waals surface area contributed by atoms with Crippen LogP contribution in [0.4, 0.5) is 0 Å². The summed E-state index contributed by atoms with van der Waals surface area (Å²) in [6, 6.07) is 4.16. The van der Waals surface area contributed by atoms with Crippen molar-refractivity contribution in [2.75, 3.05) is 13.1 Å². The second-order valence-corrected chi connectivity index (χ2v) is 5.77. The summed E-state index contributed by atoms with van der Waals surface area (Å²) in [6.07, 6.45) is 0.635. The Morgan fingerprint density at radius 1 is 1.53 bits per heavy atom. The quantitative estimate of drug-likeness (QED) is 0.760. The summed E-state index contributed by atoms with van der Waals surface area (Å²) in [7, 11) is 0. The first-order valence-corrected chi connectivity index (χ1v) is 6.72. The van der Waals surface area contributed by atoms with Gasteiger partial charge in [0, 0.05) is 4.88 Å². The molecule has 0 aromatic carbocycles. The number of carbonyl (C=O) groups excluding carboxylic acids is 1. The number of thioether (sulfide) groups is 1. The van der Waals surface area contributed by atoms with Crippen LogP contribution in [-0.2, 0) is 4.79 Å². The van der Waals surface area contributed by atoms with Crippen molar-refractivity contribution < 1.29 is 9.79 Å². The van der Waals surface area contributed by atoms with Crippen LogP contribution in [0.25, 0.3) is 0 Å². The smallest absolute Gasteiger partial charge is 0.264 e. The van der Waals surface area contributed by atoms with Crippen molar-refractivity contribution in [1.82, 2.24) is 4.90 Å². The normalized spacial score (nSPS) is 25.3. The van der Waals surface area contributed by atoms with E-state index in [1.54, 1.807) is 23.1 Å². The van der Waals surface area contributed by atoms with Gasteiger partial charge in [-0.1, -0.05) is 6.07 Å². The average Bonchev–Trinajstić information content (AvgIpc) is 2.88. The number of amides is 1. The number of amidine groups is 1. The lowest BCUT2D eigenvalue weighted by Crippen LogP contribution is -2.70. The lowest BCUT2D eigenvalue weighted by Gasteiger charge is -2.21. The molecular formula is C10H11N2OS2+. The Labute approximate surface area is 96.2 Å².